The van der Waals surface area contributed by atoms with Crippen LogP contribution in [-0.4, -0.2) is 45.3 Å². The SMILES string of the molecule is C[C@@H]1C[CH]([Al])[C@@H](C(=O)Nc2ccnc(C(N)=O)c2)O1. The number of anilines is 1. The van der Waals surface area contributed by atoms with Crippen LogP contribution in [0.1, 0.15) is 23.8 Å². The lowest BCUT2D eigenvalue weighted by Crippen LogP contribution is -2.30. The summed E-state index contributed by atoms with van der Waals surface area (Å²) in [6, 6.07) is 3.04. The van der Waals surface area contributed by atoms with E-state index in [0.29, 0.717) is 5.69 Å². The smallest absolute Gasteiger partial charge is 0.267 e. The predicted octanol–water partition coefficient (Wildman–Crippen LogP) is 0.253. The van der Waals surface area contributed by atoms with E-state index in [0.717, 1.165) is 6.42 Å². The summed E-state index contributed by atoms with van der Waals surface area (Å²) >= 11 is 2.62. The maximum absolute atomic E-state index is 12.1. The van der Waals surface area contributed by atoms with E-state index in [2.05, 4.69) is 26.6 Å². The lowest BCUT2D eigenvalue weighted by molar-refractivity contribution is -0.126. The third-order valence-electron chi connectivity index (χ3n) is 2.91. The Morgan fingerprint density at radius 1 is 1.58 bits per heavy atom. The minimum atomic E-state index is -0.634. The molecule has 1 aromatic heterocycles. The number of carbonyl (C=O) groups excluding carboxylic acids is 2. The highest BCUT2D eigenvalue weighted by molar-refractivity contribution is 6.15. The van der Waals surface area contributed by atoms with Gasteiger partial charge in [0.2, 0.25) is 0 Å². The van der Waals surface area contributed by atoms with Gasteiger partial charge in [-0.25, -0.2) is 0 Å². The second-order valence-corrected chi connectivity index (χ2v) is 5.41. The summed E-state index contributed by atoms with van der Waals surface area (Å²) in [7, 11) is 0. The maximum Gasteiger partial charge on any atom is 0.267 e. The van der Waals surface area contributed by atoms with Gasteiger partial charge in [0.1, 0.15) is 28.1 Å². The van der Waals surface area contributed by atoms with Crippen LogP contribution in [0.5, 0.6) is 0 Å². The first-order valence-corrected chi connectivity index (χ1v) is 6.62. The van der Waals surface area contributed by atoms with Crippen LogP contribution < -0.4 is 11.1 Å². The Morgan fingerprint density at radius 3 is 2.89 bits per heavy atom. The molecule has 2 amide bonds. The van der Waals surface area contributed by atoms with Crippen molar-refractivity contribution in [1.82, 2.24) is 4.98 Å². The van der Waals surface area contributed by atoms with Gasteiger partial charge in [0.05, 0.1) is 6.10 Å². The summed E-state index contributed by atoms with van der Waals surface area (Å²) in [6.07, 6.45) is 1.82. The minimum Gasteiger partial charge on any atom is -0.367 e. The lowest BCUT2D eigenvalue weighted by atomic mass is 10.2. The molecule has 1 fully saturated rings. The Labute approximate surface area is 119 Å². The van der Waals surface area contributed by atoms with Gasteiger partial charge in [0.15, 0.2) is 0 Å². The van der Waals surface area contributed by atoms with E-state index in [1.165, 1.54) is 12.3 Å². The summed E-state index contributed by atoms with van der Waals surface area (Å²) in [6.45, 7) is 1.93. The molecule has 2 heterocycles. The van der Waals surface area contributed by atoms with Gasteiger partial charge in [-0.15, -0.1) is 0 Å². The first-order valence-electron chi connectivity index (χ1n) is 5.95. The molecule has 1 aliphatic heterocycles. The molecular weight excluding hydrogens is 261 g/mol. The predicted molar refractivity (Wildman–Crippen MR) is 69.8 cm³/mol. The zero-order chi connectivity index (χ0) is 14.0. The number of ether oxygens (including phenoxy) is 1. The molecule has 2 radical (unpaired) electrons. The molecule has 19 heavy (non-hydrogen) atoms. The van der Waals surface area contributed by atoms with Crippen LogP contribution >= 0.6 is 0 Å². The van der Waals surface area contributed by atoms with Gasteiger partial charge in [-0.2, -0.15) is 0 Å². The minimum absolute atomic E-state index is 0.0665. The molecule has 3 atom stereocenters. The van der Waals surface area contributed by atoms with Crippen LogP contribution in [0.25, 0.3) is 0 Å². The largest absolute Gasteiger partial charge is 0.367 e. The highest BCUT2D eigenvalue weighted by Gasteiger charge is 2.33. The van der Waals surface area contributed by atoms with Crippen LogP contribution in [0.3, 0.4) is 0 Å². The maximum atomic E-state index is 12.1. The summed E-state index contributed by atoms with van der Waals surface area (Å²) < 4.78 is 5.64. The molecular formula is C12H14AlN3O3. The number of hydrogen-bond donors (Lipinski definition) is 2. The number of hydrogen-bond acceptors (Lipinski definition) is 4. The molecule has 0 aliphatic carbocycles. The molecule has 3 N–H and O–H groups in total. The van der Waals surface area contributed by atoms with Crippen molar-refractivity contribution in [1.29, 1.82) is 0 Å². The number of primary amides is 1. The quantitative estimate of drug-likeness (QED) is 0.773. The molecule has 1 unspecified atom stereocenters. The van der Waals surface area contributed by atoms with Gasteiger partial charge in [-0.05, 0) is 25.5 Å². The van der Waals surface area contributed by atoms with Gasteiger partial charge in [-0.3, -0.25) is 14.6 Å². The number of nitrogens with one attached hydrogen (secondary N) is 1. The fourth-order valence-electron chi connectivity index (χ4n) is 2.03. The molecule has 1 aromatic rings. The highest BCUT2D eigenvalue weighted by atomic mass is 27.0. The number of carbonyl (C=O) groups is 2. The normalized spacial score (nSPS) is 26.1. The summed E-state index contributed by atoms with van der Waals surface area (Å²) in [5.74, 6) is -0.864. The second-order valence-electron chi connectivity index (χ2n) is 4.55. The third-order valence-corrected chi connectivity index (χ3v) is 3.53. The monoisotopic (exact) mass is 275 g/mol. The van der Waals surface area contributed by atoms with Gasteiger partial charge in [0.25, 0.3) is 11.8 Å². The fraction of sp³-hybridized carbons (Fsp3) is 0.417. The molecule has 0 saturated carbocycles. The van der Waals surface area contributed by atoms with Crippen molar-refractivity contribution in [3.8, 4) is 0 Å². The molecule has 7 heteroatoms. The molecule has 1 aliphatic rings. The Bertz CT molecular complexity index is 509. The average Bonchev–Trinajstić information content (AvgIpc) is 2.69. The van der Waals surface area contributed by atoms with Crippen molar-refractivity contribution in [3.05, 3.63) is 24.0 Å². The Hall–Kier alpha value is -1.42. The zero-order valence-corrected chi connectivity index (χ0v) is 11.7. The number of rotatable bonds is 3. The van der Waals surface area contributed by atoms with Crippen molar-refractivity contribution >= 4 is 33.8 Å². The van der Waals surface area contributed by atoms with E-state index in [1.54, 1.807) is 6.07 Å². The average molecular weight is 275 g/mol. The number of aromatic nitrogens is 1. The van der Waals surface area contributed by atoms with Crippen molar-refractivity contribution in [2.24, 2.45) is 5.73 Å². The summed E-state index contributed by atoms with van der Waals surface area (Å²) in [5.41, 5.74) is 5.73. The topological polar surface area (TPSA) is 94.3 Å². The summed E-state index contributed by atoms with van der Waals surface area (Å²) in [5, 5.41) is 2.71. The fourth-order valence-corrected chi connectivity index (χ4v) is 2.68. The first kappa shape index (κ1) is 14.0. The molecule has 0 bridgehead atoms. The van der Waals surface area contributed by atoms with Crippen LogP contribution in [0.2, 0.25) is 4.78 Å². The van der Waals surface area contributed by atoms with Crippen molar-refractivity contribution in [2.45, 2.75) is 30.3 Å². The molecule has 2 rings (SSSR count). The van der Waals surface area contributed by atoms with Crippen LogP contribution in [0.4, 0.5) is 5.69 Å². The van der Waals surface area contributed by atoms with E-state index in [9.17, 15) is 9.59 Å². The Kier molecular flexibility index (Phi) is 4.20. The van der Waals surface area contributed by atoms with E-state index >= 15 is 0 Å². The molecule has 0 aromatic carbocycles. The molecule has 6 nitrogen and oxygen atoms in total. The molecule has 0 spiro atoms. The third kappa shape index (κ3) is 3.32. The van der Waals surface area contributed by atoms with Crippen molar-refractivity contribution in [3.63, 3.8) is 0 Å². The highest BCUT2D eigenvalue weighted by Crippen LogP contribution is 2.29. The van der Waals surface area contributed by atoms with Gasteiger partial charge in [0, 0.05) is 11.9 Å². The van der Waals surface area contributed by atoms with Crippen molar-refractivity contribution < 1.29 is 14.3 Å². The molecule has 98 valence electrons. The van der Waals surface area contributed by atoms with E-state index in [4.69, 9.17) is 10.5 Å². The van der Waals surface area contributed by atoms with Crippen molar-refractivity contribution in [2.75, 3.05) is 5.32 Å². The van der Waals surface area contributed by atoms with E-state index < -0.39 is 12.0 Å². The number of nitrogens with two attached hydrogens (primary N) is 1. The zero-order valence-electron chi connectivity index (χ0n) is 10.5. The lowest BCUT2D eigenvalue weighted by Gasteiger charge is -2.15. The van der Waals surface area contributed by atoms with Gasteiger partial charge < -0.3 is 15.8 Å². The Morgan fingerprint density at radius 2 is 2.32 bits per heavy atom. The van der Waals surface area contributed by atoms with Crippen LogP contribution in [0.15, 0.2) is 18.3 Å². The van der Waals surface area contributed by atoms with Gasteiger partial charge >= 0.3 is 0 Å². The second kappa shape index (κ2) is 5.70. The summed E-state index contributed by atoms with van der Waals surface area (Å²) in [4.78, 5) is 26.9. The number of nitrogens with zero attached hydrogens (tertiary/aromatic N) is 1. The number of pyridine rings is 1. The van der Waals surface area contributed by atoms with Crippen LogP contribution in [0, 0.1) is 0 Å². The molecule has 1 saturated heterocycles. The van der Waals surface area contributed by atoms with E-state index in [1.807, 2.05) is 6.92 Å². The van der Waals surface area contributed by atoms with Crippen LogP contribution in [-0.2, 0) is 9.53 Å². The number of amides is 2. The first-order chi connectivity index (χ1) is 8.97. The van der Waals surface area contributed by atoms with Gasteiger partial charge in [-0.1, -0.05) is 4.78 Å². The van der Waals surface area contributed by atoms with E-state index in [-0.39, 0.29) is 22.5 Å². The Balaban J connectivity index is 2.07. The standard InChI is InChI=1S/C12H14N3O3.Al/c1-7-2-3-10(18-7)12(17)15-8-4-5-14-9(6-8)11(13)16;/h3-7,10H,2H2,1H3,(H2,13,16)(H,14,15,17);/t7-,10+;/m1./s1.